The predicted molar refractivity (Wildman–Crippen MR) is 254 cm³/mol. The molecule has 4 aromatic carbocycles. The Balaban J connectivity index is 0.730. The smallest absolute Gasteiger partial charge is 0.489 e. The molecule has 72 heavy (non-hydrogen) atoms. The van der Waals surface area contributed by atoms with Crippen molar-refractivity contribution in [2.45, 2.75) is 89.5 Å². The van der Waals surface area contributed by atoms with Crippen molar-refractivity contribution in [3.8, 4) is 28.5 Å². The number of aliphatic hydroxyl groups excluding tert-OH is 1. The maximum Gasteiger partial charge on any atom is 0.586 e. The Morgan fingerprint density at radius 3 is 2.47 bits per heavy atom. The number of amides is 2. The number of carbonyl (C=O) groups excluding carboxylic acids is 2. The molecule has 13 nitrogen and oxygen atoms in total. The van der Waals surface area contributed by atoms with Gasteiger partial charge in [-0.05, 0) is 128 Å². The lowest BCUT2D eigenvalue weighted by Gasteiger charge is -2.17. The van der Waals surface area contributed by atoms with Gasteiger partial charge in [0.1, 0.15) is 24.0 Å². The van der Waals surface area contributed by atoms with Crippen molar-refractivity contribution in [2.75, 3.05) is 38.2 Å². The molecule has 0 unspecified atom stereocenters. The van der Waals surface area contributed by atoms with Crippen LogP contribution in [-0.2, 0) is 53.7 Å². The topological polar surface area (TPSA) is 158 Å². The summed E-state index contributed by atoms with van der Waals surface area (Å²) in [5.74, 6) is -1.35. The molecule has 0 saturated heterocycles. The minimum absolute atomic E-state index is 0.0618. The van der Waals surface area contributed by atoms with Gasteiger partial charge in [-0.15, -0.1) is 8.78 Å². The lowest BCUT2D eigenvalue weighted by Crippen LogP contribution is -2.28. The number of aliphatic hydroxyl groups is 1. The first-order chi connectivity index (χ1) is 34.6. The number of halogens is 6. The molecular weight excluding hydrogens is 947 g/mol. The number of anilines is 1. The molecule has 0 bridgehead atoms. The highest BCUT2D eigenvalue weighted by Crippen LogP contribution is 2.52. The van der Waals surface area contributed by atoms with E-state index < -0.39 is 29.3 Å². The van der Waals surface area contributed by atoms with Crippen LogP contribution in [0.2, 0.25) is 0 Å². The third-order valence-electron chi connectivity index (χ3n) is 12.4. The van der Waals surface area contributed by atoms with E-state index in [4.69, 9.17) is 14.5 Å². The number of carbonyl (C=O) groups is 2. The second kappa shape index (κ2) is 22.6. The summed E-state index contributed by atoms with van der Waals surface area (Å²) in [6.45, 7) is 4.23. The second-order valence-corrected chi connectivity index (χ2v) is 17.8. The monoisotopic (exact) mass is 1000 g/mol. The highest BCUT2D eigenvalue weighted by Gasteiger charge is 2.53. The van der Waals surface area contributed by atoms with Gasteiger partial charge < -0.3 is 40.0 Å². The summed E-state index contributed by atoms with van der Waals surface area (Å²) < 4.78 is 103. The van der Waals surface area contributed by atoms with E-state index in [-0.39, 0.29) is 42.1 Å². The normalized spacial score (nSPS) is 14.3. The average molecular weight is 1000 g/mol. The standard InChI is InChI=1S/C53H54F6N6O7/c1-34-10-17-47(64-50(68)51(18-19-51)41-13-16-45-46(29-41)72-53(58,59)71-45)63-48(34)38-8-4-9-39(28-38)49(67)61-21-25-69-24-5-7-37-30-62-65(32-37)22-3-2-6-35-12-15-44(40(26-35)31-60-20-23-66)70-33-36-11-14-43(54)42(27-36)52(55,56)57/h4,8-17,26-30,32,60,66H,2-3,5-7,18-25,31,33H2,1H3,(H,61,67)(H,63,64,68). The highest BCUT2D eigenvalue weighted by atomic mass is 19.4. The van der Waals surface area contributed by atoms with Crippen LogP contribution in [0.25, 0.3) is 11.3 Å². The molecule has 1 aliphatic heterocycles. The zero-order chi connectivity index (χ0) is 50.9. The van der Waals surface area contributed by atoms with Crippen molar-refractivity contribution in [1.82, 2.24) is 25.4 Å². The van der Waals surface area contributed by atoms with Crippen LogP contribution >= 0.6 is 0 Å². The van der Waals surface area contributed by atoms with Gasteiger partial charge in [-0.2, -0.15) is 18.3 Å². The number of aryl methyl sites for hydroxylation is 4. The van der Waals surface area contributed by atoms with Gasteiger partial charge in [-0.3, -0.25) is 14.3 Å². The molecule has 380 valence electrons. The second-order valence-electron chi connectivity index (χ2n) is 17.8. The van der Waals surface area contributed by atoms with Gasteiger partial charge in [0.15, 0.2) is 11.5 Å². The molecule has 19 heteroatoms. The number of rotatable bonds is 24. The molecule has 1 aliphatic carbocycles. The predicted octanol–water partition coefficient (Wildman–Crippen LogP) is 9.47. The molecule has 3 heterocycles. The van der Waals surface area contributed by atoms with Gasteiger partial charge >= 0.3 is 12.5 Å². The maximum absolute atomic E-state index is 13.8. The van der Waals surface area contributed by atoms with Crippen LogP contribution in [0.15, 0.2) is 103 Å². The van der Waals surface area contributed by atoms with Crippen molar-refractivity contribution in [1.29, 1.82) is 0 Å². The minimum atomic E-state index is -4.82. The summed E-state index contributed by atoms with van der Waals surface area (Å²) >= 11 is 0. The molecule has 8 rings (SSSR count). The molecule has 0 spiro atoms. The first-order valence-corrected chi connectivity index (χ1v) is 23.7. The van der Waals surface area contributed by atoms with Gasteiger partial charge in [-0.1, -0.05) is 42.5 Å². The zero-order valence-corrected chi connectivity index (χ0v) is 39.4. The summed E-state index contributed by atoms with van der Waals surface area (Å²) in [5.41, 5.74) is 3.94. The van der Waals surface area contributed by atoms with Crippen molar-refractivity contribution in [2.24, 2.45) is 0 Å². The Bertz CT molecular complexity index is 2870. The van der Waals surface area contributed by atoms with Crippen LogP contribution in [0.5, 0.6) is 17.2 Å². The van der Waals surface area contributed by atoms with Crippen LogP contribution in [0, 0.1) is 12.7 Å². The Kier molecular flexibility index (Phi) is 16.2. The number of hydrogen-bond donors (Lipinski definition) is 4. The van der Waals surface area contributed by atoms with Crippen molar-refractivity contribution in [3.63, 3.8) is 0 Å². The summed E-state index contributed by atoms with van der Waals surface area (Å²) in [6.07, 6.45) is 0.408. The van der Waals surface area contributed by atoms with Gasteiger partial charge in [0, 0.05) is 55.7 Å². The number of alkyl halides is 5. The summed E-state index contributed by atoms with van der Waals surface area (Å²) in [7, 11) is 0. The van der Waals surface area contributed by atoms with E-state index in [1.165, 1.54) is 18.2 Å². The Labute approximate surface area is 411 Å². The number of pyridine rings is 1. The Morgan fingerprint density at radius 2 is 1.67 bits per heavy atom. The first-order valence-electron chi connectivity index (χ1n) is 23.7. The summed E-state index contributed by atoms with van der Waals surface area (Å²) in [6, 6.07) is 23.4. The number of aromatic nitrogens is 3. The average Bonchev–Trinajstić information content (AvgIpc) is 3.94. The quantitative estimate of drug-likeness (QED) is 0.0340. The van der Waals surface area contributed by atoms with E-state index in [0.29, 0.717) is 79.6 Å². The van der Waals surface area contributed by atoms with Crippen LogP contribution < -0.4 is 30.2 Å². The molecular formula is C53H54F6N6O7. The number of unbranched alkanes of at least 4 members (excludes halogenated alkanes) is 1. The van der Waals surface area contributed by atoms with Crippen LogP contribution in [0.3, 0.4) is 0 Å². The zero-order valence-electron chi connectivity index (χ0n) is 39.4. The maximum atomic E-state index is 13.8. The largest absolute Gasteiger partial charge is 0.586 e. The van der Waals surface area contributed by atoms with E-state index in [9.17, 15) is 41.0 Å². The van der Waals surface area contributed by atoms with Gasteiger partial charge in [0.2, 0.25) is 5.91 Å². The number of ether oxygens (including phenoxy) is 4. The van der Waals surface area contributed by atoms with Gasteiger partial charge in [-0.25, -0.2) is 9.37 Å². The van der Waals surface area contributed by atoms with E-state index in [1.54, 1.807) is 36.4 Å². The molecule has 6 aromatic rings. The number of nitrogens with zero attached hydrogens (tertiary/aromatic N) is 3. The Hall–Kier alpha value is -6.96. The van der Waals surface area contributed by atoms with E-state index in [1.807, 2.05) is 48.3 Å². The van der Waals surface area contributed by atoms with Crippen molar-refractivity contribution >= 4 is 17.6 Å². The van der Waals surface area contributed by atoms with Gasteiger partial charge in [0.25, 0.3) is 5.91 Å². The van der Waals surface area contributed by atoms with E-state index in [2.05, 4.69) is 30.5 Å². The minimum Gasteiger partial charge on any atom is -0.489 e. The molecule has 0 atom stereocenters. The molecule has 2 aromatic heterocycles. The van der Waals surface area contributed by atoms with Crippen molar-refractivity contribution < 1.29 is 60.0 Å². The van der Waals surface area contributed by atoms with Gasteiger partial charge in [0.05, 0.1) is 36.1 Å². The number of hydrogen-bond acceptors (Lipinski definition) is 10. The third kappa shape index (κ3) is 13.1. The SMILES string of the molecule is Cc1ccc(NC(=O)C2(c3ccc4c(c3)OC(F)(F)O4)CC2)nc1-c1cccc(C(=O)NCCOCCCc2cnn(CCCCc3ccc(OCc4ccc(F)c(C(F)(F)F)c4)c(CNCCO)c3)c2)c1. The molecule has 1 fully saturated rings. The fourth-order valence-corrected chi connectivity index (χ4v) is 8.44. The van der Waals surface area contributed by atoms with Crippen molar-refractivity contribution in [3.05, 3.63) is 154 Å². The molecule has 1 saturated carbocycles. The number of benzene rings is 4. The fraction of sp³-hybridized carbons (Fsp3) is 0.358. The summed E-state index contributed by atoms with van der Waals surface area (Å²) in [4.78, 5) is 31.4. The molecule has 2 amide bonds. The number of nitrogens with one attached hydrogen (secondary N) is 3. The summed E-state index contributed by atoms with van der Waals surface area (Å²) in [5, 5.41) is 22.7. The first kappa shape index (κ1) is 51.4. The lowest BCUT2D eigenvalue weighted by atomic mass is 9.94. The lowest BCUT2D eigenvalue weighted by molar-refractivity contribution is -0.286. The Morgan fingerprint density at radius 1 is 0.861 bits per heavy atom. The van der Waals surface area contributed by atoms with Crippen LogP contribution in [-0.4, -0.2) is 70.9 Å². The number of fused-ring (bicyclic) bond motifs is 1. The molecule has 4 N–H and O–H groups in total. The van der Waals surface area contributed by atoms with Crippen LogP contribution in [0.1, 0.15) is 81.4 Å². The van der Waals surface area contributed by atoms with E-state index >= 15 is 0 Å². The molecule has 2 aliphatic rings. The fourth-order valence-electron chi connectivity index (χ4n) is 8.44. The van der Waals surface area contributed by atoms with Crippen LogP contribution in [0.4, 0.5) is 32.2 Å². The highest BCUT2D eigenvalue weighted by molar-refractivity contribution is 6.01. The third-order valence-corrected chi connectivity index (χ3v) is 12.4. The molecule has 0 radical (unpaired) electrons. The van der Waals surface area contributed by atoms with E-state index in [0.717, 1.165) is 73.0 Å².